The van der Waals surface area contributed by atoms with Crippen LogP contribution in [0.4, 0.5) is 0 Å². The lowest BCUT2D eigenvalue weighted by Gasteiger charge is -2.15. The molecule has 1 aromatic rings. The Hall–Kier alpha value is -1.42. The Morgan fingerprint density at radius 1 is 1.47 bits per heavy atom. The normalized spacial score (nSPS) is 15.5. The molecule has 1 aliphatic carbocycles. The summed E-state index contributed by atoms with van der Waals surface area (Å²) in [6.45, 7) is 5.52. The highest BCUT2D eigenvalue weighted by atomic mass is 16.3. The van der Waals surface area contributed by atoms with Gasteiger partial charge in [-0.2, -0.15) is 0 Å². The molecule has 17 heavy (non-hydrogen) atoms. The van der Waals surface area contributed by atoms with Crippen molar-refractivity contribution in [3.05, 3.63) is 29.6 Å². The molecule has 1 heterocycles. The zero-order chi connectivity index (χ0) is 12.9. The molecule has 1 aliphatic rings. The van der Waals surface area contributed by atoms with Crippen molar-refractivity contribution in [2.75, 3.05) is 0 Å². The van der Waals surface area contributed by atoms with Crippen molar-refractivity contribution in [2.24, 2.45) is 0 Å². The summed E-state index contributed by atoms with van der Waals surface area (Å²) in [4.78, 5) is 15.3. The molecule has 0 spiro atoms. The van der Waals surface area contributed by atoms with Crippen LogP contribution in [0.5, 0.6) is 0 Å². The summed E-state index contributed by atoms with van der Waals surface area (Å²) < 4.78 is 0. The zero-order valence-electron chi connectivity index (χ0n) is 10.7. The van der Waals surface area contributed by atoms with Crippen LogP contribution < -0.4 is 5.32 Å². The third kappa shape index (κ3) is 3.27. The molecule has 1 fully saturated rings. The van der Waals surface area contributed by atoms with Crippen molar-refractivity contribution in [1.29, 1.82) is 0 Å². The fourth-order valence-corrected chi connectivity index (χ4v) is 1.71. The van der Waals surface area contributed by atoms with E-state index in [2.05, 4.69) is 10.3 Å². The van der Waals surface area contributed by atoms with Gasteiger partial charge in [0.25, 0.3) is 0 Å². The van der Waals surface area contributed by atoms with Crippen molar-refractivity contribution in [3.8, 4) is 0 Å². The number of hydrogen-bond acceptors (Lipinski definition) is 3. The van der Waals surface area contributed by atoms with Crippen LogP contribution in [0, 0.1) is 0 Å². The van der Waals surface area contributed by atoms with Gasteiger partial charge in [0.1, 0.15) is 0 Å². The average molecular weight is 236 g/mol. The first-order chi connectivity index (χ1) is 8.16. The Labute approximate surface area is 102 Å². The van der Waals surface area contributed by atoms with Crippen LogP contribution in [0.1, 0.15) is 44.9 Å². The molecule has 1 saturated carbocycles. The average Bonchev–Trinajstić information content (AvgIpc) is 3.12. The minimum absolute atomic E-state index is 0.000414. The number of amides is 1. The number of nitrogens with zero attached hydrogens (tertiary/aromatic N) is 1. The molecule has 0 atom stereocenters. The molecule has 0 unspecified atom stereocenters. The van der Waals surface area contributed by atoms with Crippen molar-refractivity contribution in [2.45, 2.75) is 45.8 Å². The Morgan fingerprint density at radius 3 is 2.47 bits per heavy atom. The summed E-state index contributed by atoms with van der Waals surface area (Å²) in [5.41, 5.74) is 1.44. The van der Waals surface area contributed by atoms with Crippen molar-refractivity contribution in [1.82, 2.24) is 10.3 Å². The van der Waals surface area contributed by atoms with E-state index in [1.165, 1.54) is 6.92 Å². The van der Waals surface area contributed by atoms with Gasteiger partial charge in [0, 0.05) is 13.1 Å². The second-order valence-electron chi connectivity index (χ2n) is 3.97. The minimum atomic E-state index is -0.236. The molecule has 2 rings (SSSR count). The number of hydrogen-bond donors (Lipinski definition) is 2. The minimum Gasteiger partial charge on any atom is -0.392 e. The van der Waals surface area contributed by atoms with Gasteiger partial charge >= 0.3 is 0 Å². The maximum absolute atomic E-state index is 11.0. The van der Waals surface area contributed by atoms with Gasteiger partial charge in [0.2, 0.25) is 5.91 Å². The van der Waals surface area contributed by atoms with E-state index >= 15 is 0 Å². The van der Waals surface area contributed by atoms with E-state index in [-0.39, 0.29) is 18.1 Å². The van der Waals surface area contributed by atoms with Gasteiger partial charge in [-0.3, -0.25) is 9.78 Å². The van der Waals surface area contributed by atoms with Crippen LogP contribution in [0.2, 0.25) is 0 Å². The van der Waals surface area contributed by atoms with Crippen LogP contribution >= 0.6 is 0 Å². The molecule has 94 valence electrons. The lowest BCUT2D eigenvalue weighted by atomic mass is 10.1. The van der Waals surface area contributed by atoms with Crippen molar-refractivity contribution < 1.29 is 9.90 Å². The predicted octanol–water partition coefficient (Wildman–Crippen LogP) is 1.73. The Kier molecular flexibility index (Phi) is 4.63. The van der Waals surface area contributed by atoms with E-state index in [0.29, 0.717) is 0 Å². The fourth-order valence-electron chi connectivity index (χ4n) is 1.71. The number of aliphatic hydroxyl groups is 1. The molecule has 4 heteroatoms. The molecule has 1 amide bonds. The third-order valence-corrected chi connectivity index (χ3v) is 2.66. The predicted molar refractivity (Wildman–Crippen MR) is 66.2 cm³/mol. The first-order valence-corrected chi connectivity index (χ1v) is 6.01. The number of pyridine rings is 1. The van der Waals surface area contributed by atoms with E-state index < -0.39 is 0 Å². The number of nitrogens with one attached hydrogen (secondary N) is 1. The van der Waals surface area contributed by atoms with Gasteiger partial charge in [-0.25, -0.2) is 0 Å². The molecule has 0 aromatic carbocycles. The second kappa shape index (κ2) is 5.77. The van der Waals surface area contributed by atoms with Crippen LogP contribution in [-0.4, -0.2) is 16.0 Å². The second-order valence-corrected chi connectivity index (χ2v) is 3.97. The molecule has 1 aromatic heterocycles. The standard InChI is InChI=1S/C11H14N2O2.C2H6/c1-8(15)13-11(4-5-11)10-3-2-9(7-14)6-12-10;1-2/h2-3,6,14H,4-5,7H2,1H3,(H,13,15);1-2H3. The summed E-state index contributed by atoms with van der Waals surface area (Å²) in [7, 11) is 0. The van der Waals surface area contributed by atoms with E-state index in [1.54, 1.807) is 6.20 Å². The number of rotatable bonds is 3. The Morgan fingerprint density at radius 2 is 2.12 bits per heavy atom. The number of aliphatic hydroxyl groups excluding tert-OH is 1. The van der Waals surface area contributed by atoms with Crippen molar-refractivity contribution in [3.63, 3.8) is 0 Å². The van der Waals surface area contributed by atoms with Gasteiger partial charge in [-0.1, -0.05) is 19.9 Å². The van der Waals surface area contributed by atoms with Gasteiger partial charge in [-0.05, 0) is 24.5 Å². The zero-order valence-corrected chi connectivity index (χ0v) is 10.7. The summed E-state index contributed by atoms with van der Waals surface area (Å²) >= 11 is 0. The quantitative estimate of drug-likeness (QED) is 0.840. The monoisotopic (exact) mass is 236 g/mol. The lowest BCUT2D eigenvalue weighted by Crippen LogP contribution is -2.33. The Balaban J connectivity index is 0.000000686. The summed E-state index contributed by atoms with van der Waals surface area (Å²) in [5, 5.41) is 11.8. The van der Waals surface area contributed by atoms with Gasteiger partial charge < -0.3 is 10.4 Å². The smallest absolute Gasteiger partial charge is 0.217 e. The Bertz CT molecular complexity index is 370. The molecule has 4 nitrogen and oxygen atoms in total. The van der Waals surface area contributed by atoms with E-state index in [9.17, 15) is 4.79 Å². The first kappa shape index (κ1) is 13.6. The van der Waals surface area contributed by atoms with Crippen molar-refractivity contribution >= 4 is 5.91 Å². The highest BCUT2D eigenvalue weighted by Crippen LogP contribution is 2.44. The largest absolute Gasteiger partial charge is 0.392 e. The van der Waals surface area contributed by atoms with Crippen LogP contribution in [-0.2, 0) is 16.9 Å². The number of carbonyl (C=O) groups excluding carboxylic acids is 1. The molecule has 0 aliphatic heterocycles. The molecule has 0 radical (unpaired) electrons. The molecule has 0 saturated heterocycles. The highest BCUT2D eigenvalue weighted by molar-refractivity contribution is 5.74. The summed E-state index contributed by atoms with van der Waals surface area (Å²) in [6.07, 6.45) is 3.54. The number of carbonyl (C=O) groups is 1. The summed E-state index contributed by atoms with van der Waals surface area (Å²) in [5.74, 6) is -0.0273. The first-order valence-electron chi connectivity index (χ1n) is 6.01. The van der Waals surface area contributed by atoms with E-state index in [4.69, 9.17) is 5.11 Å². The van der Waals surface area contributed by atoms with Gasteiger partial charge in [0.15, 0.2) is 0 Å². The highest BCUT2D eigenvalue weighted by Gasteiger charge is 2.46. The maximum Gasteiger partial charge on any atom is 0.217 e. The van der Waals surface area contributed by atoms with Gasteiger partial charge in [0.05, 0.1) is 17.8 Å². The maximum atomic E-state index is 11.0. The fraction of sp³-hybridized carbons (Fsp3) is 0.538. The SMILES string of the molecule is CC.CC(=O)NC1(c2ccc(CO)cn2)CC1. The number of aromatic nitrogens is 1. The van der Waals surface area contributed by atoms with Crippen LogP contribution in [0.25, 0.3) is 0 Å². The molecule has 2 N–H and O–H groups in total. The molecular formula is C13H20N2O2. The van der Waals surface area contributed by atoms with Gasteiger partial charge in [-0.15, -0.1) is 0 Å². The summed E-state index contributed by atoms with van der Waals surface area (Å²) in [6, 6.07) is 3.71. The molecule has 0 bridgehead atoms. The van der Waals surface area contributed by atoms with Crippen LogP contribution in [0.15, 0.2) is 18.3 Å². The van der Waals surface area contributed by atoms with E-state index in [0.717, 1.165) is 24.1 Å². The third-order valence-electron chi connectivity index (χ3n) is 2.66. The topological polar surface area (TPSA) is 62.2 Å². The van der Waals surface area contributed by atoms with Crippen LogP contribution in [0.3, 0.4) is 0 Å². The van der Waals surface area contributed by atoms with E-state index in [1.807, 2.05) is 26.0 Å². The lowest BCUT2D eigenvalue weighted by molar-refractivity contribution is -0.120. The molecular weight excluding hydrogens is 216 g/mol.